The van der Waals surface area contributed by atoms with Crippen LogP contribution < -0.4 is 5.32 Å². The quantitative estimate of drug-likeness (QED) is 0.551. The van der Waals surface area contributed by atoms with Gasteiger partial charge in [0.1, 0.15) is 0 Å². The molecule has 2 aliphatic heterocycles. The van der Waals surface area contributed by atoms with Crippen LogP contribution in [0.5, 0.6) is 0 Å². The Balaban J connectivity index is 1.65. The van der Waals surface area contributed by atoms with Crippen LogP contribution in [0.3, 0.4) is 0 Å². The average molecular weight is 401 g/mol. The van der Waals surface area contributed by atoms with Crippen molar-refractivity contribution in [2.75, 3.05) is 33.4 Å². The van der Waals surface area contributed by atoms with Crippen LogP contribution in [0.2, 0.25) is 0 Å². The van der Waals surface area contributed by atoms with Gasteiger partial charge in [-0.2, -0.15) is 0 Å². The molecule has 0 saturated carbocycles. The molecule has 2 heterocycles. The zero-order valence-electron chi connectivity index (χ0n) is 16.9. The lowest BCUT2D eigenvalue weighted by molar-refractivity contribution is -0.121. The van der Waals surface area contributed by atoms with Crippen LogP contribution >= 0.6 is 0 Å². The van der Waals surface area contributed by atoms with Crippen LogP contribution in [0.4, 0.5) is 0 Å². The Bertz CT molecular complexity index is 815. The van der Waals surface area contributed by atoms with Gasteiger partial charge in [-0.1, -0.05) is 6.92 Å². The monoisotopic (exact) mass is 401 g/mol. The standard InChI is InChI=1S/C21H27N3O5/c1-3-18(25)22-15-7-10-23(11-8-15)19(26)14-5-6-16-17(13-14)21(28)24(20(16)27)9-4-12-29-2/h5-6,13,15H,3-4,7-12H2,1-2H3,(H,22,25). The maximum Gasteiger partial charge on any atom is 0.261 e. The van der Waals surface area contributed by atoms with Crippen molar-refractivity contribution in [3.05, 3.63) is 34.9 Å². The van der Waals surface area contributed by atoms with Crippen molar-refractivity contribution < 1.29 is 23.9 Å². The fourth-order valence-electron chi connectivity index (χ4n) is 3.73. The number of fused-ring (bicyclic) bond motifs is 1. The minimum atomic E-state index is -0.364. The second-order valence-electron chi connectivity index (χ2n) is 7.36. The molecule has 0 radical (unpaired) electrons. The molecule has 0 atom stereocenters. The molecule has 2 aliphatic rings. The summed E-state index contributed by atoms with van der Waals surface area (Å²) in [5, 5.41) is 2.96. The van der Waals surface area contributed by atoms with Crippen LogP contribution in [0.15, 0.2) is 18.2 Å². The summed E-state index contributed by atoms with van der Waals surface area (Å²) in [5.74, 6) is -0.831. The van der Waals surface area contributed by atoms with Gasteiger partial charge in [-0.25, -0.2) is 0 Å². The smallest absolute Gasteiger partial charge is 0.261 e. The lowest BCUT2D eigenvalue weighted by atomic mass is 10.0. The molecule has 0 aliphatic carbocycles. The highest BCUT2D eigenvalue weighted by Gasteiger charge is 2.36. The van der Waals surface area contributed by atoms with Gasteiger partial charge in [0.15, 0.2) is 0 Å². The van der Waals surface area contributed by atoms with Gasteiger partial charge in [0.05, 0.1) is 11.1 Å². The number of hydrogen-bond acceptors (Lipinski definition) is 5. The minimum Gasteiger partial charge on any atom is -0.385 e. The molecule has 0 spiro atoms. The summed E-state index contributed by atoms with van der Waals surface area (Å²) in [4.78, 5) is 52.4. The first kappa shape index (κ1) is 21.0. The first-order valence-electron chi connectivity index (χ1n) is 10.0. The molecule has 1 N–H and O–H groups in total. The van der Waals surface area contributed by atoms with Crippen molar-refractivity contribution in [3.63, 3.8) is 0 Å². The molecular weight excluding hydrogens is 374 g/mol. The Morgan fingerprint density at radius 3 is 2.48 bits per heavy atom. The van der Waals surface area contributed by atoms with Gasteiger partial charge < -0.3 is 15.0 Å². The lowest BCUT2D eigenvalue weighted by Crippen LogP contribution is -2.46. The fourth-order valence-corrected chi connectivity index (χ4v) is 3.73. The van der Waals surface area contributed by atoms with Crippen LogP contribution in [0, 0.1) is 0 Å². The molecule has 0 bridgehead atoms. The summed E-state index contributed by atoms with van der Waals surface area (Å²) in [5.41, 5.74) is 1.02. The molecule has 156 valence electrons. The molecule has 0 unspecified atom stereocenters. The van der Waals surface area contributed by atoms with E-state index in [1.54, 1.807) is 24.1 Å². The van der Waals surface area contributed by atoms with Crippen molar-refractivity contribution in [2.45, 2.75) is 38.6 Å². The number of nitrogens with one attached hydrogen (secondary N) is 1. The van der Waals surface area contributed by atoms with Crippen molar-refractivity contribution in [3.8, 4) is 0 Å². The molecule has 1 aromatic carbocycles. The third kappa shape index (κ3) is 4.48. The summed E-state index contributed by atoms with van der Waals surface area (Å²) in [6.45, 7) is 3.65. The minimum absolute atomic E-state index is 0.0200. The van der Waals surface area contributed by atoms with E-state index in [2.05, 4.69) is 5.32 Å². The SMILES string of the molecule is CCC(=O)NC1CCN(C(=O)c2ccc3c(c2)C(=O)N(CCCOC)C3=O)CC1. The molecule has 29 heavy (non-hydrogen) atoms. The van der Waals surface area contributed by atoms with Crippen molar-refractivity contribution >= 4 is 23.6 Å². The zero-order chi connectivity index (χ0) is 21.0. The van der Waals surface area contributed by atoms with E-state index >= 15 is 0 Å². The number of benzene rings is 1. The van der Waals surface area contributed by atoms with E-state index in [-0.39, 0.29) is 35.2 Å². The van der Waals surface area contributed by atoms with Gasteiger partial charge in [0.25, 0.3) is 17.7 Å². The number of carbonyl (C=O) groups excluding carboxylic acids is 4. The van der Waals surface area contributed by atoms with Crippen molar-refractivity contribution in [1.29, 1.82) is 0 Å². The van der Waals surface area contributed by atoms with Gasteiger partial charge in [0.2, 0.25) is 5.91 Å². The average Bonchev–Trinajstić information content (AvgIpc) is 2.98. The summed E-state index contributed by atoms with van der Waals surface area (Å²) in [7, 11) is 1.57. The summed E-state index contributed by atoms with van der Waals surface area (Å²) in [6.07, 6.45) is 2.42. The molecule has 8 nitrogen and oxygen atoms in total. The number of nitrogens with zero attached hydrogens (tertiary/aromatic N) is 2. The van der Waals surface area contributed by atoms with Gasteiger partial charge in [-0.3, -0.25) is 24.1 Å². The predicted octanol–water partition coefficient (Wildman–Crippen LogP) is 1.45. The van der Waals surface area contributed by atoms with Crippen LogP contribution in [0.1, 0.15) is 63.7 Å². The maximum absolute atomic E-state index is 12.9. The molecule has 3 rings (SSSR count). The number of carbonyl (C=O) groups is 4. The van der Waals surface area contributed by atoms with E-state index in [0.29, 0.717) is 63.1 Å². The fraction of sp³-hybridized carbons (Fsp3) is 0.524. The zero-order valence-corrected chi connectivity index (χ0v) is 16.9. The summed E-state index contributed by atoms with van der Waals surface area (Å²) < 4.78 is 4.98. The number of rotatable bonds is 7. The topological polar surface area (TPSA) is 96.0 Å². The number of methoxy groups -OCH3 is 1. The third-order valence-electron chi connectivity index (χ3n) is 5.42. The molecule has 1 fully saturated rings. The molecule has 1 saturated heterocycles. The molecule has 0 aromatic heterocycles. The van der Waals surface area contributed by atoms with E-state index in [1.807, 2.05) is 6.92 Å². The van der Waals surface area contributed by atoms with Gasteiger partial charge in [-0.05, 0) is 37.5 Å². The Kier molecular flexibility index (Phi) is 6.64. The molecule has 1 aromatic rings. The van der Waals surface area contributed by atoms with Gasteiger partial charge in [0, 0.05) is 51.4 Å². The largest absolute Gasteiger partial charge is 0.385 e. The van der Waals surface area contributed by atoms with E-state index < -0.39 is 0 Å². The third-order valence-corrected chi connectivity index (χ3v) is 5.42. The van der Waals surface area contributed by atoms with E-state index in [4.69, 9.17) is 4.74 Å². The first-order chi connectivity index (χ1) is 14.0. The van der Waals surface area contributed by atoms with E-state index in [0.717, 1.165) is 0 Å². The van der Waals surface area contributed by atoms with Crippen molar-refractivity contribution in [2.24, 2.45) is 0 Å². The molecule has 8 heteroatoms. The number of ether oxygens (including phenoxy) is 1. The second-order valence-corrected chi connectivity index (χ2v) is 7.36. The maximum atomic E-state index is 12.9. The Morgan fingerprint density at radius 1 is 1.14 bits per heavy atom. The first-order valence-corrected chi connectivity index (χ1v) is 10.0. The highest BCUT2D eigenvalue weighted by atomic mass is 16.5. The van der Waals surface area contributed by atoms with Crippen LogP contribution in [0.25, 0.3) is 0 Å². The highest BCUT2D eigenvalue weighted by Crippen LogP contribution is 2.25. The summed E-state index contributed by atoms with van der Waals surface area (Å²) >= 11 is 0. The summed E-state index contributed by atoms with van der Waals surface area (Å²) in [6, 6.07) is 4.79. The van der Waals surface area contributed by atoms with E-state index in [1.165, 1.54) is 11.0 Å². The molecular formula is C21H27N3O5. The van der Waals surface area contributed by atoms with Gasteiger partial charge >= 0.3 is 0 Å². The lowest BCUT2D eigenvalue weighted by Gasteiger charge is -2.32. The number of amides is 4. The predicted molar refractivity (Wildman–Crippen MR) is 106 cm³/mol. The van der Waals surface area contributed by atoms with E-state index in [9.17, 15) is 19.2 Å². The number of likely N-dealkylation sites (tertiary alicyclic amines) is 1. The second kappa shape index (κ2) is 9.17. The van der Waals surface area contributed by atoms with Crippen molar-refractivity contribution in [1.82, 2.24) is 15.1 Å². The van der Waals surface area contributed by atoms with Crippen LogP contribution in [-0.2, 0) is 9.53 Å². The highest BCUT2D eigenvalue weighted by molar-refractivity contribution is 6.22. The van der Waals surface area contributed by atoms with Gasteiger partial charge in [-0.15, -0.1) is 0 Å². The van der Waals surface area contributed by atoms with Crippen LogP contribution in [-0.4, -0.2) is 72.8 Å². The Hall–Kier alpha value is -2.74. The molecule has 4 amide bonds. The number of hydrogen-bond donors (Lipinski definition) is 1. The Morgan fingerprint density at radius 2 is 1.83 bits per heavy atom. The number of piperidine rings is 1. The number of imide groups is 1. The Labute approximate surface area is 170 Å². The normalized spacial score (nSPS) is 16.9.